The largest absolute Gasteiger partial charge is 0.492 e. The number of nitrogens with one attached hydrogen (secondary N) is 3. The van der Waals surface area contributed by atoms with Gasteiger partial charge < -0.3 is 20.1 Å². The first-order valence-electron chi connectivity index (χ1n) is 14.1. The van der Waals surface area contributed by atoms with Crippen LogP contribution in [0.15, 0.2) is 66.9 Å². The number of benzene rings is 3. The molecule has 0 aliphatic rings. The average molecular weight is 635 g/mol. The van der Waals surface area contributed by atoms with Crippen molar-refractivity contribution in [2.45, 2.75) is 39.2 Å². The highest BCUT2D eigenvalue weighted by atomic mass is 32.2. The molecule has 0 radical (unpaired) electrons. The molecule has 0 aliphatic heterocycles. The van der Waals surface area contributed by atoms with Crippen LogP contribution in [-0.2, 0) is 20.2 Å². The van der Waals surface area contributed by atoms with Crippen LogP contribution in [0, 0.1) is 6.92 Å². The van der Waals surface area contributed by atoms with Gasteiger partial charge in [-0.3, -0.25) is 14.3 Å². The number of sulfonamides is 1. The maximum atomic E-state index is 13.5. The highest BCUT2D eigenvalue weighted by Gasteiger charge is 2.23. The summed E-state index contributed by atoms with van der Waals surface area (Å²) in [6.07, 6.45) is 2.54. The third kappa shape index (κ3) is 8.25. The number of aromatic nitrogens is 3. The van der Waals surface area contributed by atoms with Crippen molar-refractivity contribution in [3.8, 4) is 11.4 Å². The lowest BCUT2D eigenvalue weighted by molar-refractivity contribution is 0.0891. The van der Waals surface area contributed by atoms with Crippen LogP contribution in [0.2, 0.25) is 0 Å². The second-order valence-corrected chi connectivity index (χ2v) is 13.4. The van der Waals surface area contributed by atoms with Gasteiger partial charge in [-0.15, -0.1) is 5.10 Å². The van der Waals surface area contributed by atoms with Crippen LogP contribution < -0.4 is 20.1 Å². The van der Waals surface area contributed by atoms with Crippen LogP contribution in [0.4, 0.5) is 11.4 Å². The van der Waals surface area contributed by atoms with Gasteiger partial charge in [0.05, 0.1) is 49.3 Å². The normalized spacial score (nSPS) is 12.3. The van der Waals surface area contributed by atoms with Crippen LogP contribution >= 0.6 is 0 Å². The minimum absolute atomic E-state index is 0.0935. The lowest BCUT2D eigenvalue weighted by Crippen LogP contribution is -2.31. The zero-order chi connectivity index (χ0) is 32.9. The lowest BCUT2D eigenvalue weighted by Gasteiger charge is -2.24. The molecule has 1 heterocycles. The van der Waals surface area contributed by atoms with E-state index in [2.05, 4.69) is 25.7 Å². The van der Waals surface area contributed by atoms with Crippen LogP contribution in [0.3, 0.4) is 0 Å². The van der Waals surface area contributed by atoms with Crippen molar-refractivity contribution in [1.29, 1.82) is 0 Å². The quantitative estimate of drug-likeness (QED) is 0.216. The molecule has 238 valence electrons. The fourth-order valence-electron chi connectivity index (χ4n) is 4.63. The van der Waals surface area contributed by atoms with E-state index in [4.69, 9.17) is 9.47 Å². The van der Waals surface area contributed by atoms with E-state index in [1.165, 1.54) is 18.0 Å². The molecule has 2 amide bonds. The summed E-state index contributed by atoms with van der Waals surface area (Å²) >= 11 is 0. The molecular weight excluding hydrogens is 596 g/mol. The number of methoxy groups -OCH3 is 2. The SMILES string of the molecule is COCC(NC(=O)c1cn(-c2cc(C(=O)Nc3cc(C(C)(C)C)cc(NS(C)(=O)=O)c3OC)ccc2C)nn1)c1ccccc1. The van der Waals surface area contributed by atoms with Gasteiger partial charge in [-0.2, -0.15) is 0 Å². The van der Waals surface area contributed by atoms with Gasteiger partial charge in [0, 0.05) is 12.7 Å². The summed E-state index contributed by atoms with van der Waals surface area (Å²) in [5.74, 6) is -0.722. The number of aryl methyl sites for hydroxylation is 1. The van der Waals surface area contributed by atoms with Crippen molar-refractivity contribution in [2.75, 3.05) is 37.1 Å². The molecule has 4 rings (SSSR count). The predicted octanol–water partition coefficient (Wildman–Crippen LogP) is 4.62. The summed E-state index contributed by atoms with van der Waals surface area (Å²) in [6.45, 7) is 8.05. The fraction of sp³-hybridized carbons (Fsp3) is 0.312. The number of ether oxygens (including phenoxy) is 2. The molecule has 4 aromatic rings. The summed E-state index contributed by atoms with van der Waals surface area (Å²) in [7, 11) is -0.671. The number of carbonyl (C=O) groups is 2. The van der Waals surface area contributed by atoms with E-state index in [1.54, 1.807) is 37.4 Å². The Hall–Kier alpha value is -4.75. The Kier molecular flexibility index (Phi) is 9.94. The standard InChI is InChI=1S/C32H38N6O6S/c1-20-13-14-22(30(39)33-24-16-23(32(2,3)4)17-25(29(24)44-6)36-45(7,41)42)15-28(20)38-18-26(35-37-38)31(40)34-27(19-43-5)21-11-9-8-10-12-21/h8-18,27,36H,19H2,1-7H3,(H,33,39)(H,34,40). The highest BCUT2D eigenvalue weighted by Crippen LogP contribution is 2.39. The molecular formula is C32H38N6O6S. The van der Waals surface area contributed by atoms with E-state index in [9.17, 15) is 18.0 Å². The molecule has 0 bridgehead atoms. The van der Waals surface area contributed by atoms with E-state index in [1.807, 2.05) is 58.0 Å². The number of carbonyl (C=O) groups excluding carboxylic acids is 2. The molecule has 13 heteroatoms. The second-order valence-electron chi connectivity index (χ2n) is 11.6. The first-order valence-corrected chi connectivity index (χ1v) is 16.0. The van der Waals surface area contributed by atoms with Gasteiger partial charge in [-0.1, -0.05) is 62.4 Å². The third-order valence-corrected chi connectivity index (χ3v) is 7.58. The van der Waals surface area contributed by atoms with Crippen molar-refractivity contribution in [2.24, 2.45) is 0 Å². The molecule has 0 saturated carbocycles. The molecule has 1 atom stereocenters. The zero-order valence-corrected chi connectivity index (χ0v) is 27.2. The Labute approximate surface area is 263 Å². The zero-order valence-electron chi connectivity index (χ0n) is 26.3. The lowest BCUT2D eigenvalue weighted by atomic mass is 9.86. The van der Waals surface area contributed by atoms with E-state index in [-0.39, 0.29) is 35.2 Å². The summed E-state index contributed by atoms with van der Waals surface area (Å²) < 4.78 is 38.9. The van der Waals surface area contributed by atoms with Crippen LogP contribution in [0.25, 0.3) is 5.69 Å². The Morgan fingerprint density at radius 1 is 0.978 bits per heavy atom. The molecule has 45 heavy (non-hydrogen) atoms. The molecule has 0 saturated heterocycles. The molecule has 1 unspecified atom stereocenters. The van der Waals surface area contributed by atoms with Gasteiger partial charge in [-0.25, -0.2) is 13.1 Å². The first kappa shape index (κ1) is 33.1. The first-order chi connectivity index (χ1) is 21.2. The monoisotopic (exact) mass is 634 g/mol. The summed E-state index contributed by atoms with van der Waals surface area (Å²) in [5.41, 5.74) is 3.53. The fourth-order valence-corrected chi connectivity index (χ4v) is 5.18. The summed E-state index contributed by atoms with van der Waals surface area (Å²) in [5, 5.41) is 14.0. The number of hydrogen-bond acceptors (Lipinski definition) is 8. The molecule has 3 N–H and O–H groups in total. The number of anilines is 2. The highest BCUT2D eigenvalue weighted by molar-refractivity contribution is 7.92. The van der Waals surface area contributed by atoms with Crippen molar-refractivity contribution in [1.82, 2.24) is 20.3 Å². The van der Waals surface area contributed by atoms with Gasteiger partial charge in [0.25, 0.3) is 11.8 Å². The predicted molar refractivity (Wildman–Crippen MR) is 173 cm³/mol. The molecule has 1 aromatic heterocycles. The van der Waals surface area contributed by atoms with Crippen LogP contribution in [-0.4, -0.2) is 62.3 Å². The van der Waals surface area contributed by atoms with Gasteiger partial charge in [0.15, 0.2) is 11.4 Å². The Morgan fingerprint density at radius 3 is 2.29 bits per heavy atom. The Balaban J connectivity index is 1.61. The topological polar surface area (TPSA) is 154 Å². The maximum Gasteiger partial charge on any atom is 0.274 e. The summed E-state index contributed by atoms with van der Waals surface area (Å²) in [6, 6.07) is 17.6. The van der Waals surface area contributed by atoms with Crippen LogP contribution in [0.5, 0.6) is 5.75 Å². The van der Waals surface area contributed by atoms with Crippen molar-refractivity contribution in [3.05, 3.63) is 94.8 Å². The minimum Gasteiger partial charge on any atom is -0.492 e. The van der Waals surface area contributed by atoms with Crippen molar-refractivity contribution in [3.63, 3.8) is 0 Å². The Morgan fingerprint density at radius 2 is 1.67 bits per heavy atom. The molecule has 3 aromatic carbocycles. The molecule has 0 spiro atoms. The minimum atomic E-state index is -3.63. The molecule has 12 nitrogen and oxygen atoms in total. The summed E-state index contributed by atoms with van der Waals surface area (Å²) in [4.78, 5) is 26.6. The van der Waals surface area contributed by atoms with E-state index in [0.29, 0.717) is 16.9 Å². The van der Waals surface area contributed by atoms with Crippen molar-refractivity contribution < 1.29 is 27.5 Å². The number of amides is 2. The number of nitrogens with zero attached hydrogens (tertiary/aromatic N) is 3. The number of rotatable bonds is 11. The van der Waals surface area contributed by atoms with E-state index in [0.717, 1.165) is 22.9 Å². The van der Waals surface area contributed by atoms with Gasteiger partial charge >= 0.3 is 0 Å². The molecule has 0 fully saturated rings. The van der Waals surface area contributed by atoms with E-state index >= 15 is 0 Å². The van der Waals surface area contributed by atoms with Gasteiger partial charge in [0.1, 0.15) is 0 Å². The Bertz CT molecular complexity index is 1800. The van der Waals surface area contributed by atoms with Crippen molar-refractivity contribution >= 4 is 33.2 Å². The average Bonchev–Trinajstić information content (AvgIpc) is 3.46. The number of hydrogen-bond donors (Lipinski definition) is 3. The van der Waals surface area contributed by atoms with Gasteiger partial charge in [-0.05, 0) is 53.3 Å². The maximum absolute atomic E-state index is 13.5. The molecule has 0 aliphatic carbocycles. The van der Waals surface area contributed by atoms with E-state index < -0.39 is 21.8 Å². The third-order valence-electron chi connectivity index (χ3n) is 6.99. The van der Waals surface area contributed by atoms with Crippen LogP contribution in [0.1, 0.15) is 64.3 Å². The van der Waals surface area contributed by atoms with Gasteiger partial charge in [0.2, 0.25) is 10.0 Å². The second kappa shape index (κ2) is 13.5. The smallest absolute Gasteiger partial charge is 0.274 e.